The lowest BCUT2D eigenvalue weighted by Gasteiger charge is -2.18. The summed E-state index contributed by atoms with van der Waals surface area (Å²) in [7, 11) is 0. The molecule has 1 unspecified atom stereocenters. The molecule has 1 atom stereocenters. The quantitative estimate of drug-likeness (QED) is 0.845. The SMILES string of the molecule is CC(C)(F)Cc1ccccc1CC1CCNC1. The molecule has 2 rings (SSSR count). The van der Waals surface area contributed by atoms with E-state index in [0.717, 1.165) is 25.4 Å². The molecule has 0 amide bonds. The van der Waals surface area contributed by atoms with Crippen LogP contribution in [0.4, 0.5) is 4.39 Å². The Morgan fingerprint density at radius 2 is 2.00 bits per heavy atom. The highest BCUT2D eigenvalue weighted by Gasteiger charge is 2.20. The van der Waals surface area contributed by atoms with Gasteiger partial charge in [-0.3, -0.25) is 0 Å². The molecule has 1 aromatic carbocycles. The first-order valence-corrected chi connectivity index (χ1v) is 6.51. The fourth-order valence-corrected chi connectivity index (χ4v) is 2.58. The average molecular weight is 235 g/mol. The van der Waals surface area contributed by atoms with Gasteiger partial charge in [-0.25, -0.2) is 4.39 Å². The highest BCUT2D eigenvalue weighted by molar-refractivity contribution is 5.29. The van der Waals surface area contributed by atoms with Crippen molar-refractivity contribution in [2.75, 3.05) is 13.1 Å². The fraction of sp³-hybridized carbons (Fsp3) is 0.600. The van der Waals surface area contributed by atoms with Crippen LogP contribution in [0.1, 0.15) is 31.4 Å². The molecule has 1 aliphatic heterocycles. The van der Waals surface area contributed by atoms with Crippen LogP contribution in [-0.2, 0) is 12.8 Å². The standard InChI is InChI=1S/C15H22FN/c1-15(2,16)10-14-6-4-3-5-13(14)9-12-7-8-17-11-12/h3-6,12,17H,7-11H2,1-2H3. The van der Waals surface area contributed by atoms with Crippen molar-refractivity contribution in [3.8, 4) is 0 Å². The molecule has 0 radical (unpaired) electrons. The predicted octanol–water partition coefficient (Wildman–Crippen LogP) is 3.13. The third-order valence-electron chi connectivity index (χ3n) is 3.40. The zero-order valence-corrected chi connectivity index (χ0v) is 10.8. The largest absolute Gasteiger partial charge is 0.316 e. The van der Waals surface area contributed by atoms with E-state index in [0.29, 0.717) is 6.42 Å². The summed E-state index contributed by atoms with van der Waals surface area (Å²) in [6.45, 7) is 5.54. The van der Waals surface area contributed by atoms with Gasteiger partial charge in [0.05, 0.1) is 0 Å². The summed E-state index contributed by atoms with van der Waals surface area (Å²) in [5.41, 5.74) is 1.38. The molecule has 0 aromatic heterocycles. The van der Waals surface area contributed by atoms with E-state index in [4.69, 9.17) is 0 Å². The van der Waals surface area contributed by atoms with Crippen molar-refractivity contribution < 1.29 is 4.39 Å². The molecule has 1 aromatic rings. The van der Waals surface area contributed by atoms with Crippen LogP contribution < -0.4 is 5.32 Å². The Kier molecular flexibility index (Phi) is 3.82. The average Bonchev–Trinajstić information content (AvgIpc) is 2.71. The summed E-state index contributed by atoms with van der Waals surface area (Å²) >= 11 is 0. The van der Waals surface area contributed by atoms with Crippen molar-refractivity contribution in [1.82, 2.24) is 5.32 Å². The topological polar surface area (TPSA) is 12.0 Å². The summed E-state index contributed by atoms with van der Waals surface area (Å²) in [4.78, 5) is 0. The lowest BCUT2D eigenvalue weighted by molar-refractivity contribution is 0.216. The molecule has 1 fully saturated rings. The van der Waals surface area contributed by atoms with Gasteiger partial charge in [0, 0.05) is 6.42 Å². The second kappa shape index (κ2) is 5.18. The first-order chi connectivity index (χ1) is 8.04. The lowest BCUT2D eigenvalue weighted by Crippen LogP contribution is -2.18. The third kappa shape index (κ3) is 3.81. The van der Waals surface area contributed by atoms with Gasteiger partial charge in [0.15, 0.2) is 0 Å². The predicted molar refractivity (Wildman–Crippen MR) is 70.0 cm³/mol. The molecule has 0 bridgehead atoms. The Bertz CT molecular complexity index is 361. The van der Waals surface area contributed by atoms with Gasteiger partial charge in [-0.1, -0.05) is 24.3 Å². The van der Waals surface area contributed by atoms with E-state index in [-0.39, 0.29) is 0 Å². The highest BCUT2D eigenvalue weighted by atomic mass is 19.1. The van der Waals surface area contributed by atoms with Crippen LogP contribution in [0, 0.1) is 5.92 Å². The molecule has 1 nitrogen and oxygen atoms in total. The smallest absolute Gasteiger partial charge is 0.109 e. The van der Waals surface area contributed by atoms with E-state index < -0.39 is 5.67 Å². The molecular weight excluding hydrogens is 213 g/mol. The van der Waals surface area contributed by atoms with Gasteiger partial charge in [0.1, 0.15) is 5.67 Å². The summed E-state index contributed by atoms with van der Waals surface area (Å²) in [5, 5.41) is 3.39. The number of halogens is 1. The third-order valence-corrected chi connectivity index (χ3v) is 3.40. The maximum Gasteiger partial charge on any atom is 0.109 e. The molecule has 17 heavy (non-hydrogen) atoms. The van der Waals surface area contributed by atoms with Gasteiger partial charge >= 0.3 is 0 Å². The normalized spacial score (nSPS) is 20.8. The van der Waals surface area contributed by atoms with Gasteiger partial charge in [-0.15, -0.1) is 0 Å². The minimum atomic E-state index is -1.12. The van der Waals surface area contributed by atoms with Crippen molar-refractivity contribution in [1.29, 1.82) is 0 Å². The molecule has 1 aliphatic rings. The Morgan fingerprint density at radius 1 is 1.29 bits per heavy atom. The van der Waals surface area contributed by atoms with Gasteiger partial charge in [0.25, 0.3) is 0 Å². The minimum absolute atomic E-state index is 0.517. The molecule has 1 heterocycles. The van der Waals surface area contributed by atoms with E-state index in [9.17, 15) is 4.39 Å². The zero-order valence-electron chi connectivity index (χ0n) is 10.8. The van der Waals surface area contributed by atoms with E-state index >= 15 is 0 Å². The molecule has 94 valence electrons. The van der Waals surface area contributed by atoms with Gasteiger partial charge in [0.2, 0.25) is 0 Å². The van der Waals surface area contributed by atoms with Crippen LogP contribution in [0.25, 0.3) is 0 Å². The van der Waals surface area contributed by atoms with Crippen molar-refractivity contribution in [2.45, 2.75) is 38.8 Å². The zero-order chi connectivity index (χ0) is 12.3. The molecule has 0 saturated carbocycles. The second-order valence-corrected chi connectivity index (χ2v) is 5.73. The number of hydrogen-bond acceptors (Lipinski definition) is 1. The Labute approximate surface area is 103 Å². The van der Waals surface area contributed by atoms with Gasteiger partial charge in [-0.2, -0.15) is 0 Å². The molecule has 2 heteroatoms. The van der Waals surface area contributed by atoms with Gasteiger partial charge < -0.3 is 5.32 Å². The molecular formula is C15H22FN. The summed E-state index contributed by atoms with van der Waals surface area (Å²) < 4.78 is 13.8. The number of benzene rings is 1. The Balaban J connectivity index is 2.09. The molecule has 0 spiro atoms. The lowest BCUT2D eigenvalue weighted by atomic mass is 9.90. The van der Waals surface area contributed by atoms with Crippen molar-refractivity contribution >= 4 is 0 Å². The number of rotatable bonds is 4. The van der Waals surface area contributed by atoms with Crippen LogP contribution in [0.15, 0.2) is 24.3 Å². The molecule has 1 saturated heterocycles. The summed E-state index contributed by atoms with van der Waals surface area (Å²) in [6.07, 6.45) is 2.84. The van der Waals surface area contributed by atoms with E-state index in [2.05, 4.69) is 23.5 Å². The summed E-state index contributed by atoms with van der Waals surface area (Å²) in [6, 6.07) is 8.29. The number of nitrogens with one attached hydrogen (secondary N) is 1. The number of hydrogen-bond donors (Lipinski definition) is 1. The first kappa shape index (κ1) is 12.6. The van der Waals surface area contributed by atoms with Crippen LogP contribution in [0.3, 0.4) is 0 Å². The van der Waals surface area contributed by atoms with Crippen LogP contribution in [0.5, 0.6) is 0 Å². The van der Waals surface area contributed by atoms with Crippen LogP contribution >= 0.6 is 0 Å². The van der Waals surface area contributed by atoms with Crippen molar-refractivity contribution in [2.24, 2.45) is 5.92 Å². The molecule has 0 aliphatic carbocycles. The fourth-order valence-electron chi connectivity index (χ4n) is 2.58. The highest BCUT2D eigenvalue weighted by Crippen LogP contribution is 2.23. The Morgan fingerprint density at radius 3 is 2.59 bits per heavy atom. The van der Waals surface area contributed by atoms with Gasteiger partial charge in [-0.05, 0) is 56.8 Å². The van der Waals surface area contributed by atoms with E-state index in [1.54, 1.807) is 13.8 Å². The monoisotopic (exact) mass is 235 g/mol. The number of alkyl halides is 1. The maximum atomic E-state index is 13.8. The van der Waals surface area contributed by atoms with E-state index in [1.165, 1.54) is 17.5 Å². The first-order valence-electron chi connectivity index (χ1n) is 6.51. The summed E-state index contributed by atoms with van der Waals surface area (Å²) in [5.74, 6) is 0.721. The van der Waals surface area contributed by atoms with E-state index in [1.807, 2.05) is 6.07 Å². The van der Waals surface area contributed by atoms with Crippen LogP contribution in [-0.4, -0.2) is 18.8 Å². The van der Waals surface area contributed by atoms with Crippen LogP contribution in [0.2, 0.25) is 0 Å². The van der Waals surface area contributed by atoms with Crippen molar-refractivity contribution in [3.63, 3.8) is 0 Å². The Hall–Kier alpha value is -0.890. The second-order valence-electron chi connectivity index (χ2n) is 5.73. The molecule has 1 N–H and O–H groups in total. The minimum Gasteiger partial charge on any atom is -0.316 e. The maximum absolute atomic E-state index is 13.8. The van der Waals surface area contributed by atoms with Crippen molar-refractivity contribution in [3.05, 3.63) is 35.4 Å².